The largest absolute Gasteiger partial charge is 0.466 e. The number of carbonyl (C=O) groups is 1. The van der Waals surface area contributed by atoms with Crippen molar-refractivity contribution in [2.45, 2.75) is 39.0 Å². The molecule has 1 N–H and O–H groups in total. The summed E-state index contributed by atoms with van der Waals surface area (Å²) in [5.41, 5.74) is 0. The molecule has 0 atom stereocenters. The zero-order valence-corrected chi connectivity index (χ0v) is 11.8. The highest BCUT2D eigenvalue weighted by Gasteiger charge is 2.06. The van der Waals surface area contributed by atoms with Crippen molar-refractivity contribution >= 4 is 5.97 Å². The van der Waals surface area contributed by atoms with E-state index in [9.17, 15) is 4.79 Å². The minimum absolute atomic E-state index is 0.0969. The zero-order chi connectivity index (χ0) is 14.2. The fourth-order valence-electron chi connectivity index (χ4n) is 2.17. The van der Waals surface area contributed by atoms with Crippen LogP contribution in [0.4, 0.5) is 0 Å². The van der Waals surface area contributed by atoms with E-state index in [0.717, 1.165) is 37.3 Å². The highest BCUT2D eigenvalue weighted by molar-refractivity contribution is 5.69. The van der Waals surface area contributed by atoms with Crippen molar-refractivity contribution in [1.82, 2.24) is 14.5 Å². The minimum Gasteiger partial charge on any atom is -0.466 e. The van der Waals surface area contributed by atoms with Gasteiger partial charge in [0, 0.05) is 31.4 Å². The number of rotatable bonds is 8. The summed E-state index contributed by atoms with van der Waals surface area (Å²) in [5.74, 6) is 1.98. The van der Waals surface area contributed by atoms with Crippen LogP contribution < -0.4 is 0 Å². The molecule has 20 heavy (non-hydrogen) atoms. The maximum Gasteiger partial charge on any atom is 0.305 e. The Balaban J connectivity index is 1.73. The van der Waals surface area contributed by atoms with Gasteiger partial charge < -0.3 is 9.72 Å². The van der Waals surface area contributed by atoms with Gasteiger partial charge in [0.25, 0.3) is 0 Å². The Morgan fingerprint density at radius 1 is 1.40 bits per heavy atom. The molecule has 0 amide bonds. The number of imidazole rings is 1. The number of unbranched alkanes of at least 4 members (excludes halogenated alkanes) is 2. The molecular formula is C15H21N3O2. The van der Waals surface area contributed by atoms with E-state index in [1.54, 1.807) is 0 Å². The van der Waals surface area contributed by atoms with E-state index in [2.05, 4.69) is 14.5 Å². The summed E-state index contributed by atoms with van der Waals surface area (Å²) >= 11 is 0. The fourth-order valence-corrected chi connectivity index (χ4v) is 2.17. The van der Waals surface area contributed by atoms with Gasteiger partial charge in [-0.2, -0.15) is 0 Å². The molecule has 0 aliphatic rings. The third kappa shape index (κ3) is 3.98. The molecule has 0 bridgehead atoms. The third-order valence-electron chi connectivity index (χ3n) is 3.15. The van der Waals surface area contributed by atoms with E-state index in [0.29, 0.717) is 13.0 Å². The molecule has 0 aliphatic carbocycles. The van der Waals surface area contributed by atoms with Crippen molar-refractivity contribution < 1.29 is 9.53 Å². The van der Waals surface area contributed by atoms with Crippen LogP contribution in [-0.2, 0) is 16.0 Å². The van der Waals surface area contributed by atoms with Gasteiger partial charge in [-0.3, -0.25) is 9.36 Å². The number of hydrogen-bond donors (Lipinski definition) is 1. The molecule has 0 aromatic carbocycles. The molecular weight excluding hydrogens is 254 g/mol. The molecule has 0 saturated heterocycles. The Hall–Kier alpha value is -2.04. The molecule has 0 fully saturated rings. The van der Waals surface area contributed by atoms with Crippen molar-refractivity contribution in [2.24, 2.45) is 0 Å². The van der Waals surface area contributed by atoms with E-state index in [-0.39, 0.29) is 5.97 Å². The van der Waals surface area contributed by atoms with Crippen LogP contribution in [0.1, 0.15) is 38.4 Å². The van der Waals surface area contributed by atoms with Gasteiger partial charge in [0.1, 0.15) is 11.6 Å². The van der Waals surface area contributed by atoms with Crippen molar-refractivity contribution in [1.29, 1.82) is 0 Å². The summed E-state index contributed by atoms with van der Waals surface area (Å²) in [6, 6.07) is 3.99. The second-order valence-corrected chi connectivity index (χ2v) is 4.63. The first-order valence-electron chi connectivity index (χ1n) is 7.13. The normalized spacial score (nSPS) is 10.7. The number of nitrogens with zero attached hydrogens (tertiary/aromatic N) is 2. The number of aryl methyl sites for hydroxylation is 1. The number of esters is 1. The number of carbonyl (C=O) groups excluding carboxylic acids is 1. The average Bonchev–Trinajstić information content (AvgIpc) is 3.09. The minimum atomic E-state index is -0.0969. The summed E-state index contributed by atoms with van der Waals surface area (Å²) in [6.45, 7) is 2.30. The highest BCUT2D eigenvalue weighted by atomic mass is 16.5. The van der Waals surface area contributed by atoms with Crippen LogP contribution in [0.15, 0.2) is 30.7 Å². The predicted octanol–water partition coefficient (Wildman–Crippen LogP) is 2.87. The number of nitrogens with one attached hydrogen (secondary N) is 1. The Morgan fingerprint density at radius 3 is 3.05 bits per heavy atom. The molecule has 0 saturated carbocycles. The van der Waals surface area contributed by atoms with Crippen LogP contribution in [0.25, 0.3) is 5.82 Å². The summed E-state index contributed by atoms with van der Waals surface area (Å²) < 4.78 is 6.96. The summed E-state index contributed by atoms with van der Waals surface area (Å²) in [5, 5.41) is 0. The standard InChI is InChI=1S/C15H21N3O2/c1-2-20-15(19)9-5-3-4-7-13-17-11-12-18(13)14-8-6-10-16-14/h6,8,10-12,16H,2-5,7,9H2,1H3. The van der Waals surface area contributed by atoms with Gasteiger partial charge in [-0.25, -0.2) is 4.98 Å². The van der Waals surface area contributed by atoms with E-state index < -0.39 is 0 Å². The topological polar surface area (TPSA) is 59.9 Å². The van der Waals surface area contributed by atoms with Gasteiger partial charge in [-0.15, -0.1) is 0 Å². The first-order chi connectivity index (χ1) is 9.81. The number of hydrogen-bond acceptors (Lipinski definition) is 3. The van der Waals surface area contributed by atoms with Gasteiger partial charge in [0.2, 0.25) is 0 Å². The number of ether oxygens (including phenoxy) is 1. The summed E-state index contributed by atoms with van der Waals surface area (Å²) in [4.78, 5) is 18.8. The molecule has 0 unspecified atom stereocenters. The SMILES string of the molecule is CCOC(=O)CCCCCc1nccn1-c1ccc[nH]1. The zero-order valence-electron chi connectivity index (χ0n) is 11.8. The lowest BCUT2D eigenvalue weighted by Crippen LogP contribution is -2.04. The lowest BCUT2D eigenvalue weighted by atomic mass is 10.1. The van der Waals surface area contributed by atoms with Crippen LogP contribution >= 0.6 is 0 Å². The van der Waals surface area contributed by atoms with E-state index in [1.165, 1.54) is 0 Å². The molecule has 5 heteroatoms. The van der Waals surface area contributed by atoms with Crippen LogP contribution in [-0.4, -0.2) is 27.1 Å². The van der Waals surface area contributed by atoms with Crippen molar-refractivity contribution in [3.05, 3.63) is 36.5 Å². The second-order valence-electron chi connectivity index (χ2n) is 4.63. The van der Waals surface area contributed by atoms with Gasteiger partial charge in [-0.05, 0) is 31.9 Å². The van der Waals surface area contributed by atoms with E-state index >= 15 is 0 Å². The van der Waals surface area contributed by atoms with Gasteiger partial charge in [0.05, 0.1) is 6.61 Å². The van der Waals surface area contributed by atoms with Crippen LogP contribution in [0.3, 0.4) is 0 Å². The maximum absolute atomic E-state index is 11.2. The smallest absolute Gasteiger partial charge is 0.305 e. The Bertz CT molecular complexity index is 517. The van der Waals surface area contributed by atoms with E-state index in [1.807, 2.05) is 37.6 Å². The number of aromatic amines is 1. The first-order valence-corrected chi connectivity index (χ1v) is 7.13. The maximum atomic E-state index is 11.2. The molecule has 2 aromatic rings. The third-order valence-corrected chi connectivity index (χ3v) is 3.15. The molecule has 2 aromatic heterocycles. The Morgan fingerprint density at radius 2 is 2.30 bits per heavy atom. The second kappa shape index (κ2) is 7.53. The summed E-state index contributed by atoms with van der Waals surface area (Å²) in [6.07, 6.45) is 10.0. The highest BCUT2D eigenvalue weighted by Crippen LogP contribution is 2.11. The van der Waals surface area contributed by atoms with Crippen molar-refractivity contribution in [3.63, 3.8) is 0 Å². The average molecular weight is 275 g/mol. The van der Waals surface area contributed by atoms with Crippen LogP contribution in [0, 0.1) is 0 Å². The van der Waals surface area contributed by atoms with Gasteiger partial charge >= 0.3 is 5.97 Å². The molecule has 5 nitrogen and oxygen atoms in total. The van der Waals surface area contributed by atoms with E-state index in [4.69, 9.17) is 4.74 Å². The monoisotopic (exact) mass is 275 g/mol. The summed E-state index contributed by atoms with van der Waals surface area (Å²) in [7, 11) is 0. The van der Waals surface area contributed by atoms with Crippen LogP contribution in [0.2, 0.25) is 0 Å². The predicted molar refractivity (Wildman–Crippen MR) is 76.7 cm³/mol. The quantitative estimate of drug-likeness (QED) is 0.595. The molecule has 108 valence electrons. The number of aromatic nitrogens is 3. The molecule has 2 rings (SSSR count). The Labute approximate surface area is 119 Å². The van der Waals surface area contributed by atoms with Crippen molar-refractivity contribution in [3.8, 4) is 5.82 Å². The fraction of sp³-hybridized carbons (Fsp3) is 0.467. The lowest BCUT2D eigenvalue weighted by molar-refractivity contribution is -0.143. The van der Waals surface area contributed by atoms with Gasteiger partial charge in [-0.1, -0.05) is 6.42 Å². The first kappa shape index (κ1) is 14.4. The lowest BCUT2D eigenvalue weighted by Gasteiger charge is -2.05. The number of H-pyrrole nitrogens is 1. The molecule has 2 heterocycles. The van der Waals surface area contributed by atoms with Gasteiger partial charge in [0.15, 0.2) is 0 Å². The molecule has 0 aliphatic heterocycles. The Kier molecular flexibility index (Phi) is 5.41. The molecule has 0 radical (unpaired) electrons. The van der Waals surface area contributed by atoms with Crippen LogP contribution in [0.5, 0.6) is 0 Å². The van der Waals surface area contributed by atoms with Crippen molar-refractivity contribution in [2.75, 3.05) is 6.61 Å². The molecule has 0 spiro atoms.